The van der Waals surface area contributed by atoms with E-state index in [0.29, 0.717) is 0 Å². The number of hydrogen-bond acceptors (Lipinski definition) is 43. The van der Waals surface area contributed by atoms with Gasteiger partial charge in [0.1, 0.15) is 171 Å². The molecule has 1 aromatic heterocycles. The van der Waals surface area contributed by atoms with E-state index in [4.69, 9.17) is 99.5 Å². The molecule has 7 unspecified atom stereocenters. The van der Waals surface area contributed by atoms with Gasteiger partial charge in [-0.1, -0.05) is 0 Å². The zero-order valence-electron chi connectivity index (χ0n) is 61.8. The highest BCUT2D eigenvalue weighted by Gasteiger charge is 2.60. The zero-order chi connectivity index (χ0) is 80.5. The molecule has 22 rings (SSSR count). The summed E-state index contributed by atoms with van der Waals surface area (Å²) in [6.45, 7) is 2.51. The third-order valence-electron chi connectivity index (χ3n) is 18.4. The van der Waals surface area contributed by atoms with Crippen molar-refractivity contribution in [2.24, 2.45) is 0 Å². The van der Waals surface area contributed by atoms with Crippen LogP contribution < -0.4 is 0 Å². The molecule has 0 radical (unpaired) electrons. The molecule has 42 atom stereocenters. The molecule has 0 aromatic carbocycles. The first-order valence-electron chi connectivity index (χ1n) is 36.6. The molecule has 21 aliphatic rings. The highest BCUT2D eigenvalue weighted by atomic mass is 16.8. The summed E-state index contributed by atoms with van der Waals surface area (Å²) in [7, 11) is 0. The van der Waals surface area contributed by atoms with E-state index in [1.165, 1.54) is 48.5 Å². The molecule has 21 saturated heterocycles. The highest BCUT2D eigenvalue weighted by Crippen LogP contribution is 2.40. The van der Waals surface area contributed by atoms with E-state index in [1.54, 1.807) is 12.5 Å². The van der Waals surface area contributed by atoms with Crippen LogP contribution in [0.1, 0.15) is 48.5 Å². The average Bonchev–Trinajstić information content (AvgIpc) is 0.810. The molecule has 0 saturated carbocycles. The van der Waals surface area contributed by atoms with Gasteiger partial charge in [0.25, 0.3) is 0 Å². The molecular weight excluding hydrogens is 1490 g/mol. The lowest BCUT2D eigenvalue weighted by Crippen LogP contribution is -2.68. The van der Waals surface area contributed by atoms with E-state index >= 15 is 0 Å². The first-order valence-corrected chi connectivity index (χ1v) is 36.6. The van der Waals surface area contributed by atoms with E-state index in [0.717, 1.165) is 0 Å². The van der Waals surface area contributed by atoms with Gasteiger partial charge in [-0.25, -0.2) is 0 Å². The molecule has 0 amide bonds. The van der Waals surface area contributed by atoms with Crippen LogP contribution in [-0.4, -0.2) is 457 Å². The first-order chi connectivity index (χ1) is 52.1. The van der Waals surface area contributed by atoms with Crippen LogP contribution in [0, 0.1) is 0 Å². The van der Waals surface area contributed by atoms with Gasteiger partial charge in [-0.3, -0.25) is 0 Å². The summed E-state index contributed by atoms with van der Waals surface area (Å²) in [5, 5.41) is 240. The Labute approximate surface area is 632 Å². The fourth-order valence-corrected chi connectivity index (χ4v) is 13.0. The van der Waals surface area contributed by atoms with Gasteiger partial charge in [0, 0.05) is 0 Å². The first kappa shape index (κ1) is 93.1. The third-order valence-corrected chi connectivity index (χ3v) is 18.4. The molecule has 14 bridgehead atoms. The van der Waals surface area contributed by atoms with Gasteiger partial charge >= 0.3 is 0 Å². The predicted octanol–water partition coefficient (Wildman–Crippen LogP) is -11.1. The summed E-state index contributed by atoms with van der Waals surface area (Å²) in [5.74, 6) is 0. The molecular formula is C67H116O43. The van der Waals surface area contributed by atoms with Crippen molar-refractivity contribution in [1.29, 1.82) is 0 Å². The van der Waals surface area contributed by atoms with Crippen LogP contribution in [0.5, 0.6) is 0 Å². The van der Waals surface area contributed by atoms with Crippen LogP contribution in [0.15, 0.2) is 29.1 Å². The van der Waals surface area contributed by atoms with Crippen molar-refractivity contribution in [2.75, 3.05) is 92.5 Å². The predicted molar refractivity (Wildman–Crippen MR) is 355 cm³/mol. The Morgan fingerprint density at radius 3 is 0.436 bits per heavy atom. The van der Waals surface area contributed by atoms with Crippen LogP contribution in [0.3, 0.4) is 0 Å². The molecule has 110 heavy (non-hydrogen) atoms. The summed E-state index contributed by atoms with van der Waals surface area (Å²) in [6, 6.07) is 3.67. The molecule has 22 heterocycles. The number of hydrogen-bond donors (Lipinski definition) is 21. The fraction of sp³-hybridized carbons (Fsp3) is 0.940. The summed E-state index contributed by atoms with van der Waals surface area (Å²) in [5.41, 5.74) is 0. The SMILES string of the molecule is CC(O)COC[C@H]1O[C@@H]2O[C@H]3[C@H](O)[C@@H](O)[C@@H](O[C@H]4[C@H](O)[C@@H](O)[C@@H](O[C@H]5[C@H](O)[C@@H](O)[C@@H](O[C@H]6[C@H](O)[C@@H](O)[C@@H](O[C@H]7[C@H](O)[C@@H](O)[C@@H](O[C@H]8[C@H](O)[C@@H](O)[C@@H](O[C@H]1[C@H](O)[C@H]2O)O[C@@H]8COCC(C)O)O[C@@H]7COCC(C)O)O[C@@H]6COCC(C)O)O[C@@H]5COCC(C)O)O[C@@H]4COCC(C)O)O[C@@H]3COCC(C)O.c1ccoc1. The van der Waals surface area contributed by atoms with Gasteiger partial charge in [-0.2, -0.15) is 0 Å². The second kappa shape index (κ2) is 44.4. The Bertz CT molecular complexity index is 2190. The number of furan rings is 1. The molecule has 0 spiro atoms. The van der Waals surface area contributed by atoms with Gasteiger partial charge in [-0.05, 0) is 60.6 Å². The molecule has 0 aliphatic carbocycles. The van der Waals surface area contributed by atoms with Crippen molar-refractivity contribution in [2.45, 2.75) is 306 Å². The fourth-order valence-electron chi connectivity index (χ4n) is 13.0. The Morgan fingerprint density at radius 2 is 0.336 bits per heavy atom. The van der Waals surface area contributed by atoms with Gasteiger partial charge in [0.2, 0.25) is 0 Å². The van der Waals surface area contributed by atoms with Gasteiger partial charge in [-0.15, -0.1) is 0 Å². The van der Waals surface area contributed by atoms with E-state index in [2.05, 4.69) is 4.42 Å². The standard InChI is InChI=1S/C63H112O42.C4H4O/c1-22(64)8-85-15-29-50-36(71)43(78)57(92-29)100-51-30(16-86-9-23(2)65)94-59(45(80)38(51)73)102-53-32(18-88-11-25(4)67)96-61(47(82)40(53)75)104-55-34(20-90-13-27(6)69)98-63(49(84)42(55)77)105-56-35(21-91-14-28(7)70)97-62(48(83)41(56)76)103-54-33(19-89-12-26(5)68)95-60(46(81)39(54)74)101-52-31(17-87-10-24(3)66)93-58(99-50)44(79)37(52)72;1-2-4-5-3-1/h22-84H,8-21H2,1-7H3;1-4H/t22?,23?,24?,25?,26?,27?,28?,29-,30-,31-,32-,33-,34-,35-,36-,37-,38-,39-,40-,41-,42-,43-,44-,45-,46-,47-,48-,49-,50-,51-,52-,53-,54-,55-,56-,57-,58-,59-,60-,61-,62-,63-;/m1./s1. The Balaban J connectivity index is 0.00000292. The van der Waals surface area contributed by atoms with Gasteiger partial charge in [0.15, 0.2) is 44.0 Å². The van der Waals surface area contributed by atoms with Crippen LogP contribution in [-0.2, 0) is 99.5 Å². The Morgan fingerprint density at radius 1 is 0.209 bits per heavy atom. The minimum atomic E-state index is -2.24. The lowest BCUT2D eigenvalue weighted by atomic mass is 9.95. The van der Waals surface area contributed by atoms with Crippen LogP contribution >= 0.6 is 0 Å². The molecule has 1 aromatic rings. The molecule has 642 valence electrons. The number of aliphatic hydroxyl groups excluding tert-OH is 21. The van der Waals surface area contributed by atoms with Crippen molar-refractivity contribution in [3.05, 3.63) is 24.7 Å². The molecule has 21 aliphatic heterocycles. The van der Waals surface area contributed by atoms with Crippen LogP contribution in [0.25, 0.3) is 0 Å². The monoisotopic (exact) mass is 1610 g/mol. The van der Waals surface area contributed by atoms with Crippen molar-refractivity contribution in [3.8, 4) is 0 Å². The highest BCUT2D eigenvalue weighted by molar-refractivity contribution is 5.02. The normalized spacial score (nSPS) is 44.3. The van der Waals surface area contributed by atoms with Gasteiger partial charge < -0.3 is 211 Å². The molecule has 21 fully saturated rings. The zero-order valence-corrected chi connectivity index (χ0v) is 61.8. The quantitative estimate of drug-likeness (QED) is 0.0370. The number of aliphatic hydroxyl groups is 21. The van der Waals surface area contributed by atoms with E-state index in [1.807, 2.05) is 12.1 Å². The number of ether oxygens (including phenoxy) is 21. The van der Waals surface area contributed by atoms with Crippen LogP contribution in [0.4, 0.5) is 0 Å². The minimum Gasteiger partial charge on any atom is -0.473 e. The summed E-state index contributed by atoms with van der Waals surface area (Å²) in [6.07, 6.45) is -74.7. The Kier molecular flexibility index (Phi) is 37.6. The summed E-state index contributed by atoms with van der Waals surface area (Å²) >= 11 is 0. The molecule has 43 nitrogen and oxygen atoms in total. The third kappa shape index (κ3) is 25.6. The van der Waals surface area contributed by atoms with Crippen molar-refractivity contribution in [1.82, 2.24) is 0 Å². The average molecular weight is 1610 g/mol. The summed E-state index contributed by atoms with van der Waals surface area (Å²) < 4.78 is 131. The van der Waals surface area contributed by atoms with Crippen molar-refractivity contribution in [3.63, 3.8) is 0 Å². The largest absolute Gasteiger partial charge is 0.473 e. The lowest BCUT2D eigenvalue weighted by Gasteiger charge is -2.50. The smallest absolute Gasteiger partial charge is 0.187 e. The van der Waals surface area contributed by atoms with Crippen molar-refractivity contribution < 1.29 is 211 Å². The van der Waals surface area contributed by atoms with E-state index in [9.17, 15) is 107 Å². The Hall–Kier alpha value is -2.40. The number of rotatable bonds is 28. The van der Waals surface area contributed by atoms with Gasteiger partial charge in [0.05, 0.1) is 148 Å². The summed E-state index contributed by atoms with van der Waals surface area (Å²) in [4.78, 5) is 0. The lowest BCUT2D eigenvalue weighted by molar-refractivity contribution is -0.398. The van der Waals surface area contributed by atoms with Crippen molar-refractivity contribution >= 4 is 0 Å². The topological polar surface area (TPSA) is 632 Å². The van der Waals surface area contributed by atoms with E-state index in [-0.39, 0.29) is 46.2 Å². The molecule has 21 N–H and O–H groups in total. The minimum absolute atomic E-state index is 0.379. The second-order valence-corrected chi connectivity index (χ2v) is 28.9. The molecule has 43 heteroatoms. The van der Waals surface area contributed by atoms with Crippen LogP contribution in [0.2, 0.25) is 0 Å². The second-order valence-electron chi connectivity index (χ2n) is 28.9. The maximum atomic E-state index is 12.1. The van der Waals surface area contributed by atoms with E-state index < -0.39 is 304 Å². The maximum Gasteiger partial charge on any atom is 0.187 e. The maximum absolute atomic E-state index is 12.1.